The molecule has 0 spiro atoms. The van der Waals surface area contributed by atoms with Crippen molar-refractivity contribution in [2.45, 2.75) is 24.2 Å². The normalized spacial score (nSPS) is 10.6. The molecule has 128 valence electrons. The predicted octanol–water partition coefficient (Wildman–Crippen LogP) is 3.34. The zero-order valence-corrected chi connectivity index (χ0v) is 14.9. The van der Waals surface area contributed by atoms with Crippen LogP contribution in [0.5, 0.6) is 0 Å². The monoisotopic (exact) mass is 354 g/mol. The van der Waals surface area contributed by atoms with Gasteiger partial charge in [-0.1, -0.05) is 23.4 Å². The first kappa shape index (κ1) is 17.2. The van der Waals surface area contributed by atoms with Crippen LogP contribution < -0.4 is 0 Å². The average molecular weight is 354 g/mol. The molecular weight excluding hydrogens is 336 g/mol. The first-order valence-electron chi connectivity index (χ1n) is 7.79. The standard InChI is InChI=1S/C18H18N4O2S/c1-13-20-16(21-24-13)11-22(2)18(23)15-8-6-14(7-9-15)12-25-17-5-3-4-10-19-17/h3-10H,11-12H2,1-2H3. The van der Waals surface area contributed by atoms with E-state index >= 15 is 0 Å². The molecule has 0 unspecified atom stereocenters. The minimum Gasteiger partial charge on any atom is -0.340 e. The summed E-state index contributed by atoms with van der Waals surface area (Å²) in [5.41, 5.74) is 1.78. The molecule has 6 nitrogen and oxygen atoms in total. The van der Waals surface area contributed by atoms with Crippen LogP contribution in [0.2, 0.25) is 0 Å². The second kappa shape index (κ2) is 7.94. The van der Waals surface area contributed by atoms with Gasteiger partial charge in [0.2, 0.25) is 5.89 Å². The summed E-state index contributed by atoms with van der Waals surface area (Å²) >= 11 is 1.66. The Morgan fingerprint density at radius 1 is 1.20 bits per heavy atom. The van der Waals surface area contributed by atoms with Crippen LogP contribution in [0.15, 0.2) is 58.2 Å². The van der Waals surface area contributed by atoms with E-state index in [1.807, 2.05) is 42.5 Å². The van der Waals surface area contributed by atoms with Gasteiger partial charge in [-0.2, -0.15) is 4.98 Å². The lowest BCUT2D eigenvalue weighted by Gasteiger charge is -2.15. The highest BCUT2D eigenvalue weighted by atomic mass is 32.2. The van der Waals surface area contributed by atoms with Crippen molar-refractivity contribution in [1.82, 2.24) is 20.0 Å². The molecule has 0 bridgehead atoms. The largest absolute Gasteiger partial charge is 0.340 e. The number of aryl methyl sites for hydroxylation is 1. The summed E-state index contributed by atoms with van der Waals surface area (Å²) in [5.74, 6) is 1.72. The van der Waals surface area contributed by atoms with E-state index in [0.717, 1.165) is 16.3 Å². The molecule has 2 heterocycles. The molecule has 2 aromatic heterocycles. The van der Waals surface area contributed by atoms with Gasteiger partial charge in [0.15, 0.2) is 5.82 Å². The third-order valence-corrected chi connectivity index (χ3v) is 4.54. The van der Waals surface area contributed by atoms with E-state index < -0.39 is 0 Å². The van der Waals surface area contributed by atoms with E-state index in [0.29, 0.717) is 23.8 Å². The maximum absolute atomic E-state index is 12.5. The fraction of sp³-hybridized carbons (Fsp3) is 0.222. The van der Waals surface area contributed by atoms with Crippen LogP contribution >= 0.6 is 11.8 Å². The van der Waals surface area contributed by atoms with Crippen molar-refractivity contribution in [1.29, 1.82) is 0 Å². The number of aromatic nitrogens is 3. The van der Waals surface area contributed by atoms with E-state index in [-0.39, 0.29) is 5.91 Å². The first-order chi connectivity index (χ1) is 12.1. The van der Waals surface area contributed by atoms with Crippen molar-refractivity contribution < 1.29 is 9.32 Å². The third kappa shape index (κ3) is 4.67. The SMILES string of the molecule is Cc1nc(CN(C)C(=O)c2ccc(CSc3ccccn3)cc2)no1. The zero-order chi connectivity index (χ0) is 17.6. The van der Waals surface area contributed by atoms with Gasteiger partial charge in [-0.25, -0.2) is 4.98 Å². The van der Waals surface area contributed by atoms with Crippen molar-refractivity contribution in [2.75, 3.05) is 7.05 Å². The van der Waals surface area contributed by atoms with Gasteiger partial charge in [0.1, 0.15) is 0 Å². The molecule has 0 aliphatic rings. The van der Waals surface area contributed by atoms with Gasteiger partial charge >= 0.3 is 0 Å². The Morgan fingerprint density at radius 2 is 2.00 bits per heavy atom. The Morgan fingerprint density at radius 3 is 2.64 bits per heavy atom. The molecule has 7 heteroatoms. The number of rotatable bonds is 6. The van der Waals surface area contributed by atoms with E-state index in [1.165, 1.54) is 0 Å². The summed E-state index contributed by atoms with van der Waals surface area (Å²) in [7, 11) is 1.72. The number of nitrogens with zero attached hydrogens (tertiary/aromatic N) is 4. The molecule has 0 aliphatic carbocycles. The highest BCUT2D eigenvalue weighted by Crippen LogP contribution is 2.20. The summed E-state index contributed by atoms with van der Waals surface area (Å²) in [6.45, 7) is 2.04. The average Bonchev–Trinajstić information content (AvgIpc) is 3.05. The molecule has 0 fully saturated rings. The molecule has 0 saturated heterocycles. The van der Waals surface area contributed by atoms with Crippen molar-refractivity contribution in [3.8, 4) is 0 Å². The van der Waals surface area contributed by atoms with Gasteiger partial charge < -0.3 is 9.42 Å². The second-order valence-corrected chi connectivity index (χ2v) is 6.54. The number of pyridine rings is 1. The number of hydrogen-bond donors (Lipinski definition) is 0. The quantitative estimate of drug-likeness (QED) is 0.632. The summed E-state index contributed by atoms with van der Waals surface area (Å²) in [6, 6.07) is 13.5. The summed E-state index contributed by atoms with van der Waals surface area (Å²) in [4.78, 5) is 22.4. The Kier molecular flexibility index (Phi) is 5.45. The first-order valence-corrected chi connectivity index (χ1v) is 8.78. The Hall–Kier alpha value is -2.67. The highest BCUT2D eigenvalue weighted by molar-refractivity contribution is 7.98. The van der Waals surface area contributed by atoms with Gasteiger partial charge in [-0.15, -0.1) is 11.8 Å². The van der Waals surface area contributed by atoms with Gasteiger partial charge in [0.25, 0.3) is 5.91 Å². The molecular formula is C18H18N4O2S. The number of amides is 1. The molecule has 0 N–H and O–H groups in total. The molecule has 0 radical (unpaired) electrons. The molecule has 0 aliphatic heterocycles. The molecule has 1 aromatic carbocycles. The molecule has 25 heavy (non-hydrogen) atoms. The zero-order valence-electron chi connectivity index (χ0n) is 14.0. The van der Waals surface area contributed by atoms with Crippen LogP contribution in [0.1, 0.15) is 27.6 Å². The van der Waals surface area contributed by atoms with E-state index in [1.54, 1.807) is 36.8 Å². The summed E-state index contributed by atoms with van der Waals surface area (Å²) in [5, 5.41) is 4.79. The van der Waals surface area contributed by atoms with Crippen molar-refractivity contribution >= 4 is 17.7 Å². The minimum atomic E-state index is -0.0774. The van der Waals surface area contributed by atoms with Crippen LogP contribution in [0, 0.1) is 6.92 Å². The lowest BCUT2D eigenvalue weighted by molar-refractivity contribution is 0.0780. The van der Waals surface area contributed by atoms with Gasteiger partial charge in [0.05, 0.1) is 11.6 Å². The van der Waals surface area contributed by atoms with Crippen LogP contribution in [-0.4, -0.2) is 33.0 Å². The summed E-state index contributed by atoms with van der Waals surface area (Å²) < 4.78 is 4.92. The summed E-state index contributed by atoms with van der Waals surface area (Å²) in [6.07, 6.45) is 1.78. The topological polar surface area (TPSA) is 72.1 Å². The number of thioether (sulfide) groups is 1. The fourth-order valence-electron chi connectivity index (χ4n) is 2.24. The third-order valence-electron chi connectivity index (χ3n) is 3.52. The number of carbonyl (C=O) groups is 1. The maximum Gasteiger partial charge on any atom is 0.254 e. The Labute approximate surface area is 150 Å². The lowest BCUT2D eigenvalue weighted by atomic mass is 10.1. The van der Waals surface area contributed by atoms with Gasteiger partial charge in [-0.3, -0.25) is 4.79 Å². The van der Waals surface area contributed by atoms with Gasteiger partial charge in [0, 0.05) is 31.5 Å². The number of hydrogen-bond acceptors (Lipinski definition) is 6. The smallest absolute Gasteiger partial charge is 0.254 e. The molecule has 1 amide bonds. The van der Waals surface area contributed by atoms with Crippen LogP contribution in [0.4, 0.5) is 0 Å². The molecule has 0 atom stereocenters. The Balaban J connectivity index is 1.58. The van der Waals surface area contributed by atoms with E-state index in [9.17, 15) is 4.79 Å². The van der Waals surface area contributed by atoms with Gasteiger partial charge in [-0.05, 0) is 29.8 Å². The predicted molar refractivity (Wildman–Crippen MR) is 95.1 cm³/mol. The number of benzene rings is 1. The maximum atomic E-state index is 12.5. The second-order valence-electron chi connectivity index (χ2n) is 5.54. The fourth-order valence-corrected chi connectivity index (χ4v) is 3.06. The molecule has 0 saturated carbocycles. The van der Waals surface area contributed by atoms with Crippen LogP contribution in [0.25, 0.3) is 0 Å². The highest BCUT2D eigenvalue weighted by Gasteiger charge is 2.14. The van der Waals surface area contributed by atoms with Crippen molar-refractivity contribution in [3.05, 3.63) is 71.5 Å². The lowest BCUT2D eigenvalue weighted by Crippen LogP contribution is -2.26. The van der Waals surface area contributed by atoms with E-state index in [2.05, 4.69) is 15.1 Å². The van der Waals surface area contributed by atoms with Crippen LogP contribution in [-0.2, 0) is 12.3 Å². The van der Waals surface area contributed by atoms with E-state index in [4.69, 9.17) is 4.52 Å². The minimum absolute atomic E-state index is 0.0774. The Bertz CT molecular complexity index is 834. The molecule has 3 rings (SSSR count). The van der Waals surface area contributed by atoms with Crippen molar-refractivity contribution in [3.63, 3.8) is 0 Å². The number of carbonyl (C=O) groups excluding carboxylic acids is 1. The molecule has 3 aromatic rings. The van der Waals surface area contributed by atoms with Crippen molar-refractivity contribution in [2.24, 2.45) is 0 Å². The van der Waals surface area contributed by atoms with Crippen LogP contribution in [0.3, 0.4) is 0 Å².